The Labute approximate surface area is 128 Å². The number of aliphatic hydroxyl groups excluding tert-OH is 1. The molecule has 0 bridgehead atoms. The van der Waals surface area contributed by atoms with Gasteiger partial charge in [0.2, 0.25) is 0 Å². The topological polar surface area (TPSA) is 78.0 Å². The molecule has 0 spiro atoms. The highest BCUT2D eigenvalue weighted by molar-refractivity contribution is 5.99. The molecule has 0 radical (unpaired) electrons. The molecule has 22 heavy (non-hydrogen) atoms. The number of amides is 1. The number of H-pyrrole nitrogens is 1. The van der Waals surface area contributed by atoms with E-state index in [0.717, 1.165) is 0 Å². The standard InChI is InChI=1S/C16H20FN3O2/c1-10(2)7-11(21)8-18-16(22)13-9-19-20-15(13)12-5-3-4-6-14(12)17/h3-6,9-11,21H,7-8H2,1-2H3,(H,18,22)(H,19,20). The lowest BCUT2D eigenvalue weighted by molar-refractivity contribution is 0.0901. The highest BCUT2D eigenvalue weighted by Gasteiger charge is 2.18. The molecule has 1 heterocycles. The van der Waals surface area contributed by atoms with E-state index in [4.69, 9.17) is 0 Å². The number of hydrogen-bond donors (Lipinski definition) is 3. The summed E-state index contributed by atoms with van der Waals surface area (Å²) in [7, 11) is 0. The summed E-state index contributed by atoms with van der Waals surface area (Å²) in [6.07, 6.45) is 1.35. The number of nitrogens with zero attached hydrogens (tertiary/aromatic N) is 1. The Morgan fingerprint density at radius 3 is 2.82 bits per heavy atom. The maximum Gasteiger partial charge on any atom is 0.255 e. The Kier molecular flexibility index (Phi) is 5.27. The van der Waals surface area contributed by atoms with Gasteiger partial charge in [-0.2, -0.15) is 5.10 Å². The Bertz CT molecular complexity index is 640. The number of aromatic amines is 1. The number of aliphatic hydroxyl groups is 1. The third kappa shape index (κ3) is 3.92. The molecule has 2 rings (SSSR count). The predicted octanol–water partition coefficient (Wildman–Crippen LogP) is 2.35. The van der Waals surface area contributed by atoms with Gasteiger partial charge in [-0.1, -0.05) is 26.0 Å². The van der Waals surface area contributed by atoms with Gasteiger partial charge in [-0.05, 0) is 24.5 Å². The molecule has 0 aliphatic rings. The van der Waals surface area contributed by atoms with Crippen molar-refractivity contribution < 1.29 is 14.3 Å². The zero-order valence-corrected chi connectivity index (χ0v) is 12.6. The van der Waals surface area contributed by atoms with Crippen molar-refractivity contribution in [3.05, 3.63) is 41.8 Å². The summed E-state index contributed by atoms with van der Waals surface area (Å²) in [4.78, 5) is 12.2. The van der Waals surface area contributed by atoms with Crippen LogP contribution in [0.5, 0.6) is 0 Å². The lowest BCUT2D eigenvalue weighted by Gasteiger charge is -2.13. The van der Waals surface area contributed by atoms with Crippen LogP contribution in [0.2, 0.25) is 0 Å². The fourth-order valence-electron chi connectivity index (χ4n) is 2.26. The van der Waals surface area contributed by atoms with E-state index in [9.17, 15) is 14.3 Å². The lowest BCUT2D eigenvalue weighted by atomic mass is 10.1. The summed E-state index contributed by atoms with van der Waals surface area (Å²) in [6.45, 7) is 4.15. The summed E-state index contributed by atoms with van der Waals surface area (Å²) >= 11 is 0. The first-order valence-corrected chi connectivity index (χ1v) is 7.23. The predicted molar refractivity (Wildman–Crippen MR) is 81.8 cm³/mol. The van der Waals surface area contributed by atoms with Crippen LogP contribution < -0.4 is 5.32 Å². The van der Waals surface area contributed by atoms with Crippen molar-refractivity contribution in [1.82, 2.24) is 15.5 Å². The van der Waals surface area contributed by atoms with E-state index in [1.54, 1.807) is 18.2 Å². The van der Waals surface area contributed by atoms with Gasteiger partial charge in [0.25, 0.3) is 5.91 Å². The second-order valence-corrected chi connectivity index (χ2v) is 5.63. The highest BCUT2D eigenvalue weighted by Crippen LogP contribution is 2.23. The van der Waals surface area contributed by atoms with E-state index in [-0.39, 0.29) is 17.7 Å². The van der Waals surface area contributed by atoms with Crippen LogP contribution in [0.1, 0.15) is 30.6 Å². The average molecular weight is 305 g/mol. The van der Waals surface area contributed by atoms with Crippen LogP contribution in [-0.4, -0.2) is 33.9 Å². The van der Waals surface area contributed by atoms with E-state index in [2.05, 4.69) is 15.5 Å². The molecule has 1 unspecified atom stereocenters. The van der Waals surface area contributed by atoms with Gasteiger partial charge in [-0.15, -0.1) is 0 Å². The number of nitrogens with one attached hydrogen (secondary N) is 2. The molecule has 0 fully saturated rings. The first kappa shape index (κ1) is 16.2. The van der Waals surface area contributed by atoms with E-state index in [0.29, 0.717) is 18.0 Å². The van der Waals surface area contributed by atoms with Crippen LogP contribution in [0.4, 0.5) is 4.39 Å². The Balaban J connectivity index is 2.09. The van der Waals surface area contributed by atoms with Gasteiger partial charge < -0.3 is 10.4 Å². The molecule has 1 aromatic heterocycles. The van der Waals surface area contributed by atoms with Gasteiger partial charge in [0, 0.05) is 12.1 Å². The second-order valence-electron chi connectivity index (χ2n) is 5.63. The minimum atomic E-state index is -0.604. The molecule has 118 valence electrons. The van der Waals surface area contributed by atoms with Crippen LogP contribution >= 0.6 is 0 Å². The van der Waals surface area contributed by atoms with Crippen molar-refractivity contribution in [3.8, 4) is 11.3 Å². The number of aromatic nitrogens is 2. The second kappa shape index (κ2) is 7.17. The van der Waals surface area contributed by atoms with Gasteiger partial charge in [-0.25, -0.2) is 4.39 Å². The monoisotopic (exact) mass is 305 g/mol. The molecule has 3 N–H and O–H groups in total. The van der Waals surface area contributed by atoms with Crippen LogP contribution in [0.25, 0.3) is 11.3 Å². The van der Waals surface area contributed by atoms with Gasteiger partial charge in [0.15, 0.2) is 0 Å². The van der Waals surface area contributed by atoms with E-state index >= 15 is 0 Å². The van der Waals surface area contributed by atoms with Crippen molar-refractivity contribution >= 4 is 5.91 Å². The Hall–Kier alpha value is -2.21. The van der Waals surface area contributed by atoms with Gasteiger partial charge in [0.1, 0.15) is 5.82 Å². The molecule has 0 saturated heterocycles. The van der Waals surface area contributed by atoms with Gasteiger partial charge in [0.05, 0.1) is 23.6 Å². The zero-order chi connectivity index (χ0) is 16.1. The van der Waals surface area contributed by atoms with Crippen molar-refractivity contribution in [1.29, 1.82) is 0 Å². The third-order valence-corrected chi connectivity index (χ3v) is 3.27. The minimum absolute atomic E-state index is 0.152. The molecule has 1 aromatic carbocycles. The Morgan fingerprint density at radius 1 is 1.41 bits per heavy atom. The number of benzene rings is 1. The fraction of sp³-hybridized carbons (Fsp3) is 0.375. The molecule has 2 aromatic rings. The average Bonchev–Trinajstić information content (AvgIpc) is 2.94. The number of carbonyl (C=O) groups excluding carboxylic acids is 1. The Morgan fingerprint density at radius 2 is 2.14 bits per heavy atom. The quantitative estimate of drug-likeness (QED) is 0.766. The molecule has 6 heteroatoms. The molecule has 1 atom stereocenters. The van der Waals surface area contributed by atoms with Gasteiger partial charge >= 0.3 is 0 Å². The molecule has 1 amide bonds. The SMILES string of the molecule is CC(C)CC(O)CNC(=O)c1cn[nH]c1-c1ccccc1F. The minimum Gasteiger partial charge on any atom is -0.391 e. The zero-order valence-electron chi connectivity index (χ0n) is 12.6. The third-order valence-electron chi connectivity index (χ3n) is 3.27. The first-order chi connectivity index (χ1) is 10.5. The van der Waals surface area contributed by atoms with E-state index in [1.807, 2.05) is 13.8 Å². The highest BCUT2D eigenvalue weighted by atomic mass is 19.1. The summed E-state index contributed by atoms with van der Waals surface area (Å²) in [6, 6.07) is 6.17. The molecule has 0 aliphatic heterocycles. The van der Waals surface area contributed by atoms with Crippen molar-refractivity contribution in [2.75, 3.05) is 6.54 Å². The van der Waals surface area contributed by atoms with Crippen LogP contribution in [0.3, 0.4) is 0 Å². The largest absolute Gasteiger partial charge is 0.391 e. The number of hydrogen-bond acceptors (Lipinski definition) is 3. The summed E-state index contributed by atoms with van der Waals surface area (Å²) in [5.74, 6) is -0.481. The van der Waals surface area contributed by atoms with E-state index in [1.165, 1.54) is 12.3 Å². The smallest absolute Gasteiger partial charge is 0.255 e. The number of carbonyl (C=O) groups is 1. The number of halogens is 1. The summed E-state index contributed by atoms with van der Waals surface area (Å²) in [5, 5.41) is 18.9. The molecular weight excluding hydrogens is 285 g/mol. The van der Waals surface area contributed by atoms with Crippen LogP contribution in [-0.2, 0) is 0 Å². The lowest BCUT2D eigenvalue weighted by Crippen LogP contribution is -2.32. The van der Waals surface area contributed by atoms with Crippen LogP contribution in [0, 0.1) is 11.7 Å². The maximum atomic E-state index is 13.8. The molecule has 5 nitrogen and oxygen atoms in total. The summed E-state index contributed by atoms with van der Waals surface area (Å²) < 4.78 is 13.8. The first-order valence-electron chi connectivity index (χ1n) is 7.23. The van der Waals surface area contributed by atoms with Crippen LogP contribution in [0.15, 0.2) is 30.5 Å². The molecular formula is C16H20FN3O2. The molecule has 0 aliphatic carbocycles. The molecule has 0 saturated carbocycles. The van der Waals surface area contributed by atoms with Crippen molar-refractivity contribution in [3.63, 3.8) is 0 Å². The summed E-state index contributed by atoms with van der Waals surface area (Å²) in [5.41, 5.74) is 0.865. The van der Waals surface area contributed by atoms with Crippen molar-refractivity contribution in [2.45, 2.75) is 26.4 Å². The number of rotatable bonds is 6. The van der Waals surface area contributed by atoms with Gasteiger partial charge in [-0.3, -0.25) is 9.89 Å². The maximum absolute atomic E-state index is 13.8. The van der Waals surface area contributed by atoms with E-state index < -0.39 is 17.8 Å². The fourth-order valence-corrected chi connectivity index (χ4v) is 2.26. The normalized spacial score (nSPS) is 12.4. The van der Waals surface area contributed by atoms with Crippen molar-refractivity contribution in [2.24, 2.45) is 5.92 Å².